The number of benzene rings is 1. The Morgan fingerprint density at radius 1 is 1.35 bits per heavy atom. The molecular formula is C16H20FNO2. The molecule has 0 atom stereocenters. The second-order valence-corrected chi connectivity index (χ2v) is 5.63. The lowest BCUT2D eigenvalue weighted by atomic mass is 9.73. The molecule has 0 spiro atoms. The van der Waals surface area contributed by atoms with Crippen LogP contribution in [0.5, 0.6) is 0 Å². The van der Waals surface area contributed by atoms with Gasteiger partial charge in [0.15, 0.2) is 0 Å². The van der Waals surface area contributed by atoms with E-state index in [1.54, 1.807) is 12.1 Å². The van der Waals surface area contributed by atoms with Crippen molar-refractivity contribution in [3.8, 4) is 0 Å². The summed E-state index contributed by atoms with van der Waals surface area (Å²) >= 11 is 0. The van der Waals surface area contributed by atoms with E-state index in [4.69, 9.17) is 0 Å². The molecule has 1 aromatic carbocycles. The molecule has 0 aliphatic carbocycles. The Balaban J connectivity index is 2.19. The van der Waals surface area contributed by atoms with Crippen LogP contribution in [0.1, 0.15) is 25.3 Å². The van der Waals surface area contributed by atoms with Gasteiger partial charge in [0.25, 0.3) is 0 Å². The minimum Gasteiger partial charge on any atom is -0.481 e. The molecule has 1 fully saturated rings. The Hall–Kier alpha value is -1.68. The molecule has 0 amide bonds. The molecule has 20 heavy (non-hydrogen) atoms. The van der Waals surface area contributed by atoms with Gasteiger partial charge >= 0.3 is 5.97 Å². The summed E-state index contributed by atoms with van der Waals surface area (Å²) in [5.41, 5.74) is 0.884. The lowest BCUT2D eigenvalue weighted by Gasteiger charge is -2.39. The molecule has 0 unspecified atom stereocenters. The monoisotopic (exact) mass is 277 g/mol. The number of nitrogens with zero attached hydrogens (tertiary/aromatic N) is 1. The Bertz CT molecular complexity index is 502. The van der Waals surface area contributed by atoms with Crippen LogP contribution in [0.3, 0.4) is 0 Å². The highest BCUT2D eigenvalue weighted by molar-refractivity contribution is 5.81. The molecule has 1 heterocycles. The summed E-state index contributed by atoms with van der Waals surface area (Å²) in [7, 11) is 0. The third-order valence-electron chi connectivity index (χ3n) is 4.01. The SMILES string of the molecule is C=C(C)CN1CCC(C(=O)O)(c2ccc(F)cc2)CC1. The van der Waals surface area contributed by atoms with E-state index >= 15 is 0 Å². The third kappa shape index (κ3) is 2.90. The highest BCUT2D eigenvalue weighted by Gasteiger charge is 2.42. The number of carboxylic acids is 1. The summed E-state index contributed by atoms with van der Waals surface area (Å²) in [4.78, 5) is 14.0. The third-order valence-corrected chi connectivity index (χ3v) is 4.01. The fraction of sp³-hybridized carbons (Fsp3) is 0.438. The van der Waals surface area contributed by atoms with Gasteiger partial charge in [-0.3, -0.25) is 9.69 Å². The first kappa shape index (κ1) is 14.7. The number of hydrogen-bond donors (Lipinski definition) is 1. The fourth-order valence-electron chi connectivity index (χ4n) is 2.87. The molecule has 1 aliphatic rings. The molecule has 0 radical (unpaired) electrons. The van der Waals surface area contributed by atoms with Crippen LogP contribution in [-0.2, 0) is 10.2 Å². The summed E-state index contributed by atoms with van der Waals surface area (Å²) in [6, 6.07) is 5.86. The van der Waals surface area contributed by atoms with Gasteiger partial charge < -0.3 is 5.11 Å². The summed E-state index contributed by atoms with van der Waals surface area (Å²) in [5, 5.41) is 9.65. The summed E-state index contributed by atoms with van der Waals surface area (Å²) in [6.07, 6.45) is 1.09. The molecule has 2 rings (SSSR count). The quantitative estimate of drug-likeness (QED) is 0.860. The van der Waals surface area contributed by atoms with Gasteiger partial charge in [-0.25, -0.2) is 4.39 Å². The van der Waals surface area contributed by atoms with Gasteiger partial charge in [0, 0.05) is 6.54 Å². The van der Waals surface area contributed by atoms with Crippen molar-refractivity contribution < 1.29 is 14.3 Å². The smallest absolute Gasteiger partial charge is 0.314 e. The summed E-state index contributed by atoms with van der Waals surface area (Å²) < 4.78 is 13.0. The zero-order valence-electron chi connectivity index (χ0n) is 11.7. The van der Waals surface area contributed by atoms with Crippen molar-refractivity contribution in [2.75, 3.05) is 19.6 Å². The van der Waals surface area contributed by atoms with Crippen molar-refractivity contribution in [2.24, 2.45) is 0 Å². The zero-order valence-corrected chi connectivity index (χ0v) is 11.7. The first-order valence-electron chi connectivity index (χ1n) is 6.80. The normalized spacial score (nSPS) is 18.7. The Kier molecular flexibility index (Phi) is 4.23. The number of carboxylic acid groups (broad SMARTS) is 1. The van der Waals surface area contributed by atoms with Gasteiger partial charge in [-0.2, -0.15) is 0 Å². The number of aliphatic carboxylic acids is 1. The number of carbonyl (C=O) groups is 1. The fourth-order valence-corrected chi connectivity index (χ4v) is 2.87. The van der Waals surface area contributed by atoms with E-state index in [9.17, 15) is 14.3 Å². The van der Waals surface area contributed by atoms with Crippen molar-refractivity contribution >= 4 is 5.97 Å². The molecule has 1 N–H and O–H groups in total. The minimum absolute atomic E-state index is 0.339. The van der Waals surface area contributed by atoms with Crippen LogP contribution in [0.15, 0.2) is 36.4 Å². The van der Waals surface area contributed by atoms with E-state index < -0.39 is 11.4 Å². The van der Waals surface area contributed by atoms with Crippen LogP contribution in [0.4, 0.5) is 4.39 Å². The lowest BCUT2D eigenvalue weighted by Crippen LogP contribution is -2.47. The molecule has 0 saturated carbocycles. The molecule has 108 valence electrons. The second kappa shape index (κ2) is 5.75. The van der Waals surface area contributed by atoms with Crippen LogP contribution in [0.2, 0.25) is 0 Å². The molecule has 0 bridgehead atoms. The molecule has 0 aromatic heterocycles. The van der Waals surface area contributed by atoms with Gasteiger partial charge in [0.1, 0.15) is 5.82 Å². The number of halogens is 1. The van der Waals surface area contributed by atoms with Crippen molar-refractivity contribution in [3.05, 3.63) is 47.8 Å². The molecule has 3 nitrogen and oxygen atoms in total. The average Bonchev–Trinajstić information content (AvgIpc) is 2.40. The van der Waals surface area contributed by atoms with Crippen LogP contribution in [0.25, 0.3) is 0 Å². The topological polar surface area (TPSA) is 40.5 Å². The van der Waals surface area contributed by atoms with E-state index in [2.05, 4.69) is 11.5 Å². The molecule has 4 heteroatoms. The van der Waals surface area contributed by atoms with Crippen LogP contribution in [0, 0.1) is 5.82 Å². The van der Waals surface area contributed by atoms with Crippen molar-refractivity contribution in [1.29, 1.82) is 0 Å². The van der Waals surface area contributed by atoms with Crippen molar-refractivity contribution in [3.63, 3.8) is 0 Å². The molecule has 1 aromatic rings. The van der Waals surface area contributed by atoms with E-state index in [0.29, 0.717) is 18.4 Å². The van der Waals surface area contributed by atoms with Gasteiger partial charge in [0.05, 0.1) is 5.41 Å². The average molecular weight is 277 g/mol. The summed E-state index contributed by atoms with van der Waals surface area (Å²) in [5.74, 6) is -1.16. The highest BCUT2D eigenvalue weighted by atomic mass is 19.1. The van der Waals surface area contributed by atoms with E-state index in [0.717, 1.165) is 25.2 Å². The van der Waals surface area contributed by atoms with E-state index in [1.807, 2.05) is 6.92 Å². The predicted octanol–water partition coefficient (Wildman–Crippen LogP) is 2.82. The number of hydrogen-bond acceptors (Lipinski definition) is 2. The standard InChI is InChI=1S/C16H20FNO2/c1-12(2)11-18-9-7-16(8-10-18,15(19)20)13-3-5-14(17)6-4-13/h3-6H,1,7-11H2,2H3,(H,19,20). The maximum absolute atomic E-state index is 13.0. The summed E-state index contributed by atoms with van der Waals surface area (Å²) in [6.45, 7) is 8.10. The van der Waals surface area contributed by atoms with Crippen LogP contribution in [-0.4, -0.2) is 35.6 Å². The first-order chi connectivity index (χ1) is 9.44. The van der Waals surface area contributed by atoms with Gasteiger partial charge in [-0.05, 0) is 50.6 Å². The van der Waals surface area contributed by atoms with Crippen LogP contribution >= 0.6 is 0 Å². The van der Waals surface area contributed by atoms with E-state index in [-0.39, 0.29) is 5.82 Å². The Morgan fingerprint density at radius 3 is 2.35 bits per heavy atom. The van der Waals surface area contributed by atoms with Gasteiger partial charge in [-0.1, -0.05) is 24.3 Å². The number of likely N-dealkylation sites (tertiary alicyclic amines) is 1. The lowest BCUT2D eigenvalue weighted by molar-refractivity contribution is -0.145. The number of rotatable bonds is 4. The second-order valence-electron chi connectivity index (χ2n) is 5.63. The van der Waals surface area contributed by atoms with Crippen molar-refractivity contribution in [1.82, 2.24) is 4.90 Å². The first-order valence-corrected chi connectivity index (χ1v) is 6.80. The molecule has 1 aliphatic heterocycles. The van der Waals surface area contributed by atoms with Crippen molar-refractivity contribution in [2.45, 2.75) is 25.2 Å². The molecule has 1 saturated heterocycles. The minimum atomic E-state index is -0.890. The number of piperidine rings is 1. The Morgan fingerprint density at radius 2 is 1.90 bits per heavy atom. The maximum atomic E-state index is 13.0. The van der Waals surface area contributed by atoms with E-state index in [1.165, 1.54) is 12.1 Å². The van der Waals surface area contributed by atoms with Crippen LogP contribution < -0.4 is 0 Å². The zero-order chi connectivity index (χ0) is 14.8. The van der Waals surface area contributed by atoms with Gasteiger partial charge in [-0.15, -0.1) is 0 Å². The largest absolute Gasteiger partial charge is 0.481 e. The van der Waals surface area contributed by atoms with Gasteiger partial charge in [0.2, 0.25) is 0 Å². The highest BCUT2D eigenvalue weighted by Crippen LogP contribution is 2.36. The predicted molar refractivity (Wildman–Crippen MR) is 76.2 cm³/mol. The maximum Gasteiger partial charge on any atom is 0.314 e. The Labute approximate surface area is 118 Å². The molecular weight excluding hydrogens is 257 g/mol.